The molecule has 0 saturated heterocycles. The molecule has 0 aliphatic heterocycles. The first-order valence-corrected chi connectivity index (χ1v) is 16.5. The standard InChI is InChI=1S/C32H40N6O2S2/c1-37(2)21-7-5-17-35-31(39)25-13-15-27(29-23(25)11-9-19-33-29)41-42-28-16-14-26(24-12-10-20-34-30(24)28)32(40)36-18-6-8-22-38(3)4/h9-16,19-20H,5-8,17-18,21-22H2,1-4H3,(H,35,39)(H,36,40). The molecule has 0 fully saturated rings. The normalized spacial score (nSPS) is 11.5. The number of amides is 2. The van der Waals surface area contributed by atoms with E-state index < -0.39 is 0 Å². The fourth-order valence-corrected chi connectivity index (χ4v) is 6.87. The fraction of sp³-hybridized carbons (Fsp3) is 0.375. The number of benzene rings is 2. The molecule has 2 aromatic carbocycles. The first kappa shape index (κ1) is 31.7. The van der Waals surface area contributed by atoms with Crippen LogP contribution in [-0.2, 0) is 0 Å². The van der Waals surface area contributed by atoms with Gasteiger partial charge in [0.2, 0.25) is 0 Å². The quantitative estimate of drug-likeness (QED) is 0.131. The molecule has 222 valence electrons. The van der Waals surface area contributed by atoms with Gasteiger partial charge in [0.25, 0.3) is 11.8 Å². The molecule has 4 rings (SSSR count). The van der Waals surface area contributed by atoms with Crippen molar-refractivity contribution >= 4 is 55.2 Å². The Kier molecular flexibility index (Phi) is 12.0. The first-order chi connectivity index (χ1) is 20.3. The van der Waals surface area contributed by atoms with Crippen LogP contribution in [0, 0.1) is 0 Å². The van der Waals surface area contributed by atoms with Gasteiger partial charge in [0.05, 0.1) is 11.0 Å². The number of aromatic nitrogens is 2. The molecule has 0 aliphatic carbocycles. The predicted octanol–water partition coefficient (Wildman–Crippen LogP) is 5.73. The third-order valence-electron chi connectivity index (χ3n) is 6.81. The number of carbonyl (C=O) groups is 2. The highest BCUT2D eigenvalue weighted by Gasteiger charge is 2.16. The zero-order chi connectivity index (χ0) is 29.9. The van der Waals surface area contributed by atoms with Gasteiger partial charge >= 0.3 is 0 Å². The molecule has 2 N–H and O–H groups in total. The molecule has 10 heteroatoms. The number of nitrogens with one attached hydrogen (secondary N) is 2. The van der Waals surface area contributed by atoms with Crippen LogP contribution in [0.25, 0.3) is 21.8 Å². The molecule has 2 amide bonds. The largest absolute Gasteiger partial charge is 0.352 e. The maximum absolute atomic E-state index is 13.0. The minimum atomic E-state index is -0.0798. The summed E-state index contributed by atoms with van der Waals surface area (Å²) >= 11 is 0. The molecule has 0 saturated carbocycles. The van der Waals surface area contributed by atoms with E-state index in [1.165, 1.54) is 0 Å². The van der Waals surface area contributed by atoms with Crippen LogP contribution in [0.2, 0.25) is 0 Å². The summed E-state index contributed by atoms with van der Waals surface area (Å²) in [6, 6.07) is 15.3. The van der Waals surface area contributed by atoms with Gasteiger partial charge in [0.15, 0.2) is 0 Å². The number of pyridine rings is 2. The van der Waals surface area contributed by atoms with Crippen molar-refractivity contribution in [1.82, 2.24) is 30.4 Å². The van der Waals surface area contributed by atoms with Crippen molar-refractivity contribution in [2.75, 3.05) is 54.4 Å². The van der Waals surface area contributed by atoms with Gasteiger partial charge in [-0.05, 0) is 103 Å². The van der Waals surface area contributed by atoms with Crippen molar-refractivity contribution in [2.24, 2.45) is 0 Å². The summed E-state index contributed by atoms with van der Waals surface area (Å²) in [6.45, 7) is 3.30. The highest BCUT2D eigenvalue weighted by Crippen LogP contribution is 2.43. The molecule has 0 unspecified atom stereocenters. The van der Waals surface area contributed by atoms with E-state index in [0.29, 0.717) is 24.2 Å². The van der Waals surface area contributed by atoms with Gasteiger partial charge in [-0.3, -0.25) is 19.6 Å². The molecule has 0 bridgehead atoms. The molecular formula is C32H40N6O2S2. The van der Waals surface area contributed by atoms with E-state index in [1.807, 2.05) is 48.5 Å². The van der Waals surface area contributed by atoms with E-state index in [0.717, 1.165) is 70.4 Å². The molecule has 42 heavy (non-hydrogen) atoms. The summed E-state index contributed by atoms with van der Waals surface area (Å²) in [6.07, 6.45) is 7.45. The van der Waals surface area contributed by atoms with Crippen LogP contribution >= 0.6 is 21.6 Å². The van der Waals surface area contributed by atoms with E-state index >= 15 is 0 Å². The molecule has 0 atom stereocenters. The van der Waals surface area contributed by atoms with Gasteiger partial charge < -0.3 is 20.4 Å². The molecule has 2 heterocycles. The Balaban J connectivity index is 1.45. The van der Waals surface area contributed by atoms with Crippen molar-refractivity contribution in [3.63, 3.8) is 0 Å². The maximum atomic E-state index is 13.0. The number of nitrogens with zero attached hydrogens (tertiary/aromatic N) is 4. The summed E-state index contributed by atoms with van der Waals surface area (Å²) in [5, 5.41) is 7.78. The van der Waals surface area contributed by atoms with Crippen molar-refractivity contribution in [3.8, 4) is 0 Å². The van der Waals surface area contributed by atoms with Crippen LogP contribution in [-0.4, -0.2) is 86.0 Å². The number of carbonyl (C=O) groups excluding carboxylic acids is 2. The average Bonchev–Trinajstić information content (AvgIpc) is 2.98. The highest BCUT2D eigenvalue weighted by molar-refractivity contribution is 8.76. The summed E-state index contributed by atoms with van der Waals surface area (Å²) in [5.74, 6) is -0.160. The minimum absolute atomic E-state index is 0.0798. The maximum Gasteiger partial charge on any atom is 0.251 e. The van der Waals surface area contributed by atoms with Gasteiger partial charge in [-0.1, -0.05) is 33.7 Å². The van der Waals surface area contributed by atoms with Gasteiger partial charge in [-0.25, -0.2) is 0 Å². The first-order valence-electron chi connectivity index (χ1n) is 14.3. The average molecular weight is 605 g/mol. The molecule has 0 radical (unpaired) electrons. The Morgan fingerprint density at radius 3 is 1.48 bits per heavy atom. The fourth-order valence-electron chi connectivity index (χ4n) is 4.61. The third-order valence-corrected chi connectivity index (χ3v) is 9.24. The Labute approximate surface area is 256 Å². The van der Waals surface area contributed by atoms with E-state index in [9.17, 15) is 9.59 Å². The van der Waals surface area contributed by atoms with Crippen molar-refractivity contribution in [1.29, 1.82) is 0 Å². The van der Waals surface area contributed by atoms with Crippen LogP contribution in [0.15, 0.2) is 70.7 Å². The van der Waals surface area contributed by atoms with Crippen LogP contribution in [0.1, 0.15) is 46.4 Å². The third kappa shape index (κ3) is 8.67. The topological polar surface area (TPSA) is 90.5 Å². The lowest BCUT2D eigenvalue weighted by molar-refractivity contribution is 0.0946. The molecule has 4 aromatic rings. The molecule has 0 spiro atoms. The number of hydrogen-bond donors (Lipinski definition) is 2. The van der Waals surface area contributed by atoms with E-state index in [-0.39, 0.29) is 11.8 Å². The smallest absolute Gasteiger partial charge is 0.251 e. The monoisotopic (exact) mass is 604 g/mol. The SMILES string of the molecule is CN(C)CCCCNC(=O)c1ccc(SSc2ccc(C(=O)NCCCCN(C)C)c3cccnc23)c2ncccc12. The Hall–Kier alpha value is -3.18. The van der Waals surface area contributed by atoms with E-state index in [1.54, 1.807) is 34.0 Å². The Bertz CT molecular complexity index is 1400. The van der Waals surface area contributed by atoms with Crippen molar-refractivity contribution in [3.05, 3.63) is 72.1 Å². The lowest BCUT2D eigenvalue weighted by Gasteiger charge is -2.13. The van der Waals surface area contributed by atoms with Crippen LogP contribution < -0.4 is 10.6 Å². The van der Waals surface area contributed by atoms with Crippen LogP contribution in [0.4, 0.5) is 0 Å². The Morgan fingerprint density at radius 2 is 1.07 bits per heavy atom. The van der Waals surface area contributed by atoms with Crippen LogP contribution in [0.5, 0.6) is 0 Å². The van der Waals surface area contributed by atoms with Gasteiger partial charge in [-0.2, -0.15) is 0 Å². The summed E-state index contributed by atoms with van der Waals surface area (Å²) < 4.78 is 0. The van der Waals surface area contributed by atoms with Crippen molar-refractivity contribution < 1.29 is 9.59 Å². The molecule has 0 aliphatic rings. The molecule has 2 aromatic heterocycles. The number of fused-ring (bicyclic) bond motifs is 2. The summed E-state index contributed by atoms with van der Waals surface area (Å²) in [7, 11) is 11.4. The highest BCUT2D eigenvalue weighted by atomic mass is 33.1. The van der Waals surface area contributed by atoms with Gasteiger partial charge in [0, 0.05) is 57.2 Å². The van der Waals surface area contributed by atoms with Crippen molar-refractivity contribution in [2.45, 2.75) is 35.5 Å². The number of unbranched alkanes of at least 4 members (excludes halogenated alkanes) is 2. The van der Waals surface area contributed by atoms with Crippen LogP contribution in [0.3, 0.4) is 0 Å². The second kappa shape index (κ2) is 15.9. The second-order valence-electron chi connectivity index (χ2n) is 10.7. The van der Waals surface area contributed by atoms with Gasteiger partial charge in [-0.15, -0.1) is 0 Å². The lowest BCUT2D eigenvalue weighted by atomic mass is 10.1. The number of rotatable bonds is 15. The predicted molar refractivity (Wildman–Crippen MR) is 175 cm³/mol. The molecular weight excluding hydrogens is 565 g/mol. The zero-order valence-electron chi connectivity index (χ0n) is 24.9. The van der Waals surface area contributed by atoms with E-state index in [4.69, 9.17) is 0 Å². The van der Waals surface area contributed by atoms with Gasteiger partial charge in [0.1, 0.15) is 0 Å². The minimum Gasteiger partial charge on any atom is -0.352 e. The Morgan fingerprint density at radius 1 is 0.643 bits per heavy atom. The lowest BCUT2D eigenvalue weighted by Crippen LogP contribution is -2.25. The molecule has 8 nitrogen and oxygen atoms in total. The second-order valence-corrected chi connectivity index (χ2v) is 12.9. The summed E-state index contributed by atoms with van der Waals surface area (Å²) in [5.41, 5.74) is 2.84. The summed E-state index contributed by atoms with van der Waals surface area (Å²) in [4.78, 5) is 41.5. The van der Waals surface area contributed by atoms with E-state index in [2.05, 4.69) is 58.6 Å². The number of hydrogen-bond acceptors (Lipinski definition) is 8. The zero-order valence-corrected chi connectivity index (χ0v) is 26.5.